The minimum atomic E-state index is -1.04. The second-order valence-electron chi connectivity index (χ2n) is 7.57. The zero-order valence-electron chi connectivity index (χ0n) is 17.8. The Morgan fingerprint density at radius 1 is 1.31 bits per heavy atom. The molecule has 0 radical (unpaired) electrons. The van der Waals surface area contributed by atoms with Crippen LogP contribution in [0.3, 0.4) is 0 Å². The molecule has 0 unspecified atom stereocenters. The number of carbonyl (C=O) groups excluding carboxylic acids is 3. The van der Waals surface area contributed by atoms with Gasteiger partial charge in [0.1, 0.15) is 23.1 Å². The molecular weight excluding hydrogens is 415 g/mol. The van der Waals surface area contributed by atoms with E-state index < -0.39 is 29.0 Å². The summed E-state index contributed by atoms with van der Waals surface area (Å²) in [5.41, 5.74) is -0.0625. The molecule has 2 aromatic rings. The van der Waals surface area contributed by atoms with Crippen LogP contribution >= 0.6 is 0 Å². The monoisotopic (exact) mass is 436 g/mol. The normalized spacial score (nSPS) is 17.3. The number of rotatable bonds is 5. The van der Waals surface area contributed by atoms with Crippen molar-refractivity contribution in [3.05, 3.63) is 52.1 Å². The summed E-state index contributed by atoms with van der Waals surface area (Å²) < 4.78 is 20.3. The van der Waals surface area contributed by atoms with Gasteiger partial charge in [0.25, 0.3) is 17.6 Å². The summed E-state index contributed by atoms with van der Waals surface area (Å²) in [4.78, 5) is 38.5. The fourth-order valence-electron chi connectivity index (χ4n) is 3.71. The number of nitrogens with one attached hydrogen (secondary N) is 2. The molecule has 0 aliphatic carbocycles. The number of ether oxygens (including phenoxy) is 1. The van der Waals surface area contributed by atoms with E-state index in [9.17, 15) is 18.8 Å². The van der Waals surface area contributed by atoms with Crippen molar-refractivity contribution in [3.63, 3.8) is 0 Å². The van der Waals surface area contributed by atoms with Gasteiger partial charge in [-0.1, -0.05) is 5.92 Å². The number of hydrogen-bond donors (Lipinski definition) is 2. The number of aromatic nitrogens is 1. The predicted octanol–water partition coefficient (Wildman–Crippen LogP) is 2.00. The van der Waals surface area contributed by atoms with Gasteiger partial charge in [-0.3, -0.25) is 14.4 Å². The van der Waals surface area contributed by atoms with Gasteiger partial charge in [-0.05, 0) is 37.6 Å². The van der Waals surface area contributed by atoms with Crippen LogP contribution in [0.15, 0.2) is 18.2 Å². The topological polar surface area (TPSA) is 113 Å². The van der Waals surface area contributed by atoms with Crippen LogP contribution in [-0.4, -0.2) is 40.9 Å². The first-order chi connectivity index (χ1) is 15.1. The Morgan fingerprint density at radius 3 is 2.62 bits per heavy atom. The molecular formula is C23H21FN4O4. The van der Waals surface area contributed by atoms with Gasteiger partial charge in [0.05, 0.1) is 24.3 Å². The summed E-state index contributed by atoms with van der Waals surface area (Å²) in [7, 11) is 1.59. The summed E-state index contributed by atoms with van der Waals surface area (Å²) in [6.45, 7) is 3.67. The van der Waals surface area contributed by atoms with E-state index in [-0.39, 0.29) is 29.1 Å². The van der Waals surface area contributed by atoms with E-state index in [1.54, 1.807) is 27.0 Å². The smallest absolute Gasteiger partial charge is 0.293 e. The van der Waals surface area contributed by atoms with Gasteiger partial charge in [0, 0.05) is 24.8 Å². The Kier molecular flexibility index (Phi) is 6.15. The SMILES string of the molecule is C#C[C@@]1(NC(=O)C(=O)c2c(C)c(C(=O)Nc3ccc(F)c(C#N)c3)n(C)c2C)CCOC1. The molecule has 8 nitrogen and oxygen atoms in total. The molecule has 1 aromatic heterocycles. The molecule has 2 heterocycles. The zero-order valence-corrected chi connectivity index (χ0v) is 17.8. The van der Waals surface area contributed by atoms with Crippen LogP contribution in [0.1, 0.15) is 44.1 Å². The molecule has 1 atom stereocenters. The molecule has 1 fully saturated rings. The number of anilines is 1. The van der Waals surface area contributed by atoms with Crippen LogP contribution in [0.5, 0.6) is 0 Å². The molecule has 1 saturated heterocycles. The fraction of sp³-hybridized carbons (Fsp3) is 0.304. The number of carbonyl (C=O) groups is 3. The molecule has 164 valence electrons. The minimum absolute atomic E-state index is 0.0954. The van der Waals surface area contributed by atoms with Gasteiger partial charge in [0.2, 0.25) is 0 Å². The molecule has 3 rings (SSSR count). The summed E-state index contributed by atoms with van der Waals surface area (Å²) in [5, 5.41) is 14.1. The minimum Gasteiger partial charge on any atom is -0.378 e. The van der Waals surface area contributed by atoms with Gasteiger partial charge in [-0.15, -0.1) is 6.42 Å². The number of hydrogen-bond acceptors (Lipinski definition) is 5. The van der Waals surface area contributed by atoms with Crippen molar-refractivity contribution in [1.82, 2.24) is 9.88 Å². The molecule has 0 saturated carbocycles. The highest BCUT2D eigenvalue weighted by Crippen LogP contribution is 2.24. The quantitative estimate of drug-likeness (QED) is 0.423. The Bertz CT molecular complexity index is 1210. The molecule has 2 N–H and O–H groups in total. The van der Waals surface area contributed by atoms with Crippen molar-refractivity contribution in [2.24, 2.45) is 7.05 Å². The van der Waals surface area contributed by atoms with Crippen LogP contribution in [-0.2, 0) is 16.6 Å². The van der Waals surface area contributed by atoms with E-state index in [1.807, 2.05) is 0 Å². The van der Waals surface area contributed by atoms with Crippen molar-refractivity contribution in [1.29, 1.82) is 5.26 Å². The van der Waals surface area contributed by atoms with Crippen LogP contribution in [0.25, 0.3) is 0 Å². The van der Waals surface area contributed by atoms with E-state index in [4.69, 9.17) is 16.4 Å². The zero-order chi connectivity index (χ0) is 23.6. The van der Waals surface area contributed by atoms with E-state index in [1.165, 1.54) is 16.7 Å². The van der Waals surface area contributed by atoms with Crippen LogP contribution in [0.2, 0.25) is 0 Å². The Balaban J connectivity index is 1.89. The first-order valence-electron chi connectivity index (χ1n) is 9.73. The Labute approximate surface area is 184 Å². The first-order valence-corrected chi connectivity index (χ1v) is 9.73. The van der Waals surface area contributed by atoms with Crippen molar-refractivity contribution >= 4 is 23.3 Å². The number of nitrogens with zero attached hydrogens (tertiary/aromatic N) is 2. The number of terminal acetylenes is 1. The average molecular weight is 436 g/mol. The lowest BCUT2D eigenvalue weighted by molar-refractivity contribution is -0.118. The standard InChI is InChI=1S/C23H21FN4O4/c1-5-23(8-9-32-12-23)27-22(31)20(29)18-13(2)19(28(4)14(18)3)21(30)26-16-6-7-17(24)15(10-16)11-25/h1,6-7,10H,8-9,12H2,2-4H3,(H,26,30)(H,27,31)/t23-/m1/s1. The number of halogens is 1. The Morgan fingerprint density at radius 2 is 2.03 bits per heavy atom. The highest BCUT2D eigenvalue weighted by atomic mass is 19.1. The number of nitriles is 1. The number of ketones is 1. The van der Waals surface area contributed by atoms with Crippen molar-refractivity contribution < 1.29 is 23.5 Å². The van der Waals surface area contributed by atoms with E-state index in [0.717, 1.165) is 6.07 Å². The second kappa shape index (κ2) is 8.66. The third-order valence-electron chi connectivity index (χ3n) is 5.57. The van der Waals surface area contributed by atoms with Gasteiger partial charge < -0.3 is 19.9 Å². The van der Waals surface area contributed by atoms with Crippen molar-refractivity contribution in [3.8, 4) is 18.4 Å². The average Bonchev–Trinajstić information content (AvgIpc) is 3.31. The number of benzene rings is 1. The summed E-state index contributed by atoms with van der Waals surface area (Å²) in [5.74, 6) is -0.482. The Hall–Kier alpha value is -3.95. The highest BCUT2D eigenvalue weighted by Gasteiger charge is 2.37. The third kappa shape index (κ3) is 3.98. The lowest BCUT2D eigenvalue weighted by Gasteiger charge is -2.21. The molecule has 1 aliphatic heterocycles. The van der Waals surface area contributed by atoms with Crippen molar-refractivity contribution in [2.45, 2.75) is 25.8 Å². The van der Waals surface area contributed by atoms with Gasteiger partial charge >= 0.3 is 0 Å². The second-order valence-corrected chi connectivity index (χ2v) is 7.57. The van der Waals surface area contributed by atoms with Gasteiger partial charge in [-0.25, -0.2) is 4.39 Å². The predicted molar refractivity (Wildman–Crippen MR) is 113 cm³/mol. The van der Waals surface area contributed by atoms with Gasteiger partial charge in [0.15, 0.2) is 0 Å². The molecule has 32 heavy (non-hydrogen) atoms. The molecule has 1 aromatic carbocycles. The maximum Gasteiger partial charge on any atom is 0.293 e. The first kappa shape index (κ1) is 22.7. The third-order valence-corrected chi connectivity index (χ3v) is 5.57. The lowest BCUT2D eigenvalue weighted by Crippen LogP contribution is -2.50. The van der Waals surface area contributed by atoms with Gasteiger partial charge in [-0.2, -0.15) is 5.26 Å². The molecule has 9 heteroatoms. The van der Waals surface area contributed by atoms with Crippen molar-refractivity contribution in [2.75, 3.05) is 18.5 Å². The largest absolute Gasteiger partial charge is 0.378 e. The van der Waals surface area contributed by atoms with Crippen LogP contribution in [0, 0.1) is 43.3 Å². The molecule has 2 amide bonds. The molecule has 0 bridgehead atoms. The summed E-state index contributed by atoms with van der Waals surface area (Å²) in [6, 6.07) is 5.31. The van der Waals surface area contributed by atoms with Crippen LogP contribution in [0.4, 0.5) is 10.1 Å². The molecule has 1 aliphatic rings. The molecule has 0 spiro atoms. The highest BCUT2D eigenvalue weighted by molar-refractivity contribution is 6.44. The number of Topliss-reactive ketones (excluding diaryl/α,β-unsaturated/α-hetero) is 1. The summed E-state index contributed by atoms with van der Waals surface area (Å²) in [6.07, 6.45) is 5.92. The fourth-order valence-corrected chi connectivity index (χ4v) is 3.71. The maximum absolute atomic E-state index is 13.5. The summed E-state index contributed by atoms with van der Waals surface area (Å²) >= 11 is 0. The van der Waals surface area contributed by atoms with Crippen LogP contribution < -0.4 is 10.6 Å². The maximum atomic E-state index is 13.5. The van der Waals surface area contributed by atoms with E-state index in [0.29, 0.717) is 24.3 Å². The van der Waals surface area contributed by atoms with E-state index in [2.05, 4.69) is 16.6 Å². The number of amides is 2. The van der Waals surface area contributed by atoms with E-state index >= 15 is 0 Å². The lowest BCUT2D eigenvalue weighted by atomic mass is 9.98.